The van der Waals surface area contributed by atoms with Gasteiger partial charge in [-0.05, 0) is 57.1 Å². The molecular formula is C23H31N5O. The molecule has 0 bridgehead atoms. The van der Waals surface area contributed by atoms with Crippen molar-refractivity contribution in [2.75, 3.05) is 11.9 Å². The normalized spacial score (nSPS) is 17.5. The summed E-state index contributed by atoms with van der Waals surface area (Å²) in [6, 6.07) is 6.04. The highest BCUT2D eigenvalue weighted by Crippen LogP contribution is 2.45. The number of nitrogens with one attached hydrogen (secondary N) is 1. The van der Waals surface area contributed by atoms with E-state index in [-0.39, 0.29) is 11.9 Å². The van der Waals surface area contributed by atoms with Crippen LogP contribution in [0.5, 0.6) is 0 Å². The Kier molecular flexibility index (Phi) is 5.52. The molecule has 1 N–H and O–H groups in total. The summed E-state index contributed by atoms with van der Waals surface area (Å²) in [5, 5.41) is 3.30. The van der Waals surface area contributed by atoms with Gasteiger partial charge in [0.1, 0.15) is 17.1 Å². The van der Waals surface area contributed by atoms with Gasteiger partial charge in [-0.1, -0.05) is 26.3 Å². The number of pyridine rings is 1. The molecule has 154 valence electrons. The Labute approximate surface area is 173 Å². The number of fused-ring (bicyclic) bond motifs is 1. The molecule has 29 heavy (non-hydrogen) atoms. The highest BCUT2D eigenvalue weighted by molar-refractivity contribution is 5.93. The minimum atomic E-state index is -0.479. The van der Waals surface area contributed by atoms with Crippen molar-refractivity contribution in [2.24, 2.45) is 0 Å². The van der Waals surface area contributed by atoms with Crippen LogP contribution in [-0.4, -0.2) is 39.5 Å². The molecule has 1 amide bonds. The van der Waals surface area contributed by atoms with E-state index in [9.17, 15) is 4.79 Å². The zero-order valence-corrected chi connectivity index (χ0v) is 17.7. The van der Waals surface area contributed by atoms with Crippen LogP contribution in [0.3, 0.4) is 0 Å². The third-order valence-electron chi connectivity index (χ3n) is 6.38. The number of hydrogen-bond donors (Lipinski definition) is 1. The van der Waals surface area contributed by atoms with Crippen LogP contribution in [0.15, 0.2) is 24.4 Å². The molecule has 1 saturated carbocycles. The molecule has 1 atom stereocenters. The van der Waals surface area contributed by atoms with Gasteiger partial charge in [-0.3, -0.25) is 9.78 Å². The van der Waals surface area contributed by atoms with Gasteiger partial charge in [0.2, 0.25) is 5.91 Å². The van der Waals surface area contributed by atoms with Gasteiger partial charge in [0, 0.05) is 30.5 Å². The molecule has 2 heterocycles. The first-order chi connectivity index (χ1) is 14.1. The van der Waals surface area contributed by atoms with E-state index >= 15 is 0 Å². The number of carbonyl (C=O) groups is 1. The van der Waals surface area contributed by atoms with E-state index in [0.29, 0.717) is 5.82 Å². The van der Waals surface area contributed by atoms with E-state index in [0.717, 1.165) is 68.6 Å². The van der Waals surface area contributed by atoms with E-state index in [1.54, 1.807) is 6.20 Å². The second-order valence-corrected chi connectivity index (χ2v) is 8.32. The maximum atomic E-state index is 13.2. The number of aryl methyl sites for hydroxylation is 1. The predicted molar refractivity (Wildman–Crippen MR) is 115 cm³/mol. The molecule has 0 aliphatic heterocycles. The fourth-order valence-electron chi connectivity index (χ4n) is 4.38. The van der Waals surface area contributed by atoms with E-state index in [1.165, 1.54) is 5.56 Å². The number of rotatable bonds is 8. The first-order valence-electron chi connectivity index (χ1n) is 10.9. The van der Waals surface area contributed by atoms with Crippen LogP contribution in [0.2, 0.25) is 0 Å². The zero-order valence-electron chi connectivity index (χ0n) is 17.7. The minimum Gasteiger partial charge on any atom is -0.351 e. The first kappa shape index (κ1) is 19.8. The van der Waals surface area contributed by atoms with E-state index in [2.05, 4.69) is 29.0 Å². The van der Waals surface area contributed by atoms with Crippen LogP contribution in [-0.2, 0) is 17.6 Å². The highest BCUT2D eigenvalue weighted by atomic mass is 16.2. The summed E-state index contributed by atoms with van der Waals surface area (Å²) in [6.07, 6.45) is 9.60. The average molecular weight is 394 g/mol. The third kappa shape index (κ3) is 3.72. The van der Waals surface area contributed by atoms with Gasteiger partial charge in [-0.15, -0.1) is 0 Å². The number of anilines is 1. The maximum absolute atomic E-state index is 13.2. The fourth-order valence-corrected chi connectivity index (χ4v) is 4.38. The Morgan fingerprint density at radius 1 is 1.24 bits per heavy atom. The molecule has 0 aromatic carbocycles. The summed E-state index contributed by atoms with van der Waals surface area (Å²) >= 11 is 0. The van der Waals surface area contributed by atoms with Crippen molar-refractivity contribution < 1.29 is 4.79 Å². The van der Waals surface area contributed by atoms with Gasteiger partial charge >= 0.3 is 0 Å². The van der Waals surface area contributed by atoms with Crippen molar-refractivity contribution in [3.05, 3.63) is 35.7 Å². The summed E-state index contributed by atoms with van der Waals surface area (Å²) in [6.45, 7) is 4.30. The molecule has 0 spiro atoms. The van der Waals surface area contributed by atoms with Crippen molar-refractivity contribution in [2.45, 2.75) is 76.8 Å². The number of carbonyl (C=O) groups excluding carboxylic acids is 1. The van der Waals surface area contributed by atoms with Gasteiger partial charge in [0.05, 0.1) is 0 Å². The second kappa shape index (κ2) is 8.09. The molecule has 4 rings (SSSR count). The van der Waals surface area contributed by atoms with Crippen LogP contribution in [0.4, 0.5) is 5.82 Å². The van der Waals surface area contributed by atoms with E-state index in [4.69, 9.17) is 9.97 Å². The number of aromatic nitrogens is 3. The van der Waals surface area contributed by atoms with Crippen molar-refractivity contribution >= 4 is 11.7 Å². The lowest BCUT2D eigenvalue weighted by Crippen LogP contribution is -2.51. The van der Waals surface area contributed by atoms with Crippen molar-refractivity contribution in [3.8, 4) is 11.5 Å². The van der Waals surface area contributed by atoms with Crippen molar-refractivity contribution in [1.82, 2.24) is 20.3 Å². The quantitative estimate of drug-likeness (QED) is 0.741. The van der Waals surface area contributed by atoms with Crippen LogP contribution in [0.25, 0.3) is 11.5 Å². The van der Waals surface area contributed by atoms with Crippen LogP contribution in [0, 0.1) is 0 Å². The van der Waals surface area contributed by atoms with Crippen molar-refractivity contribution in [1.29, 1.82) is 0 Å². The summed E-state index contributed by atoms with van der Waals surface area (Å²) < 4.78 is 0. The molecule has 2 aliphatic carbocycles. The molecule has 2 aliphatic rings. The van der Waals surface area contributed by atoms with Crippen molar-refractivity contribution in [3.63, 3.8) is 0 Å². The summed E-state index contributed by atoms with van der Waals surface area (Å²) in [4.78, 5) is 29.5. The molecule has 6 heteroatoms. The minimum absolute atomic E-state index is 0.144. The van der Waals surface area contributed by atoms with Gasteiger partial charge in [0.15, 0.2) is 5.82 Å². The SMILES string of the molecule is CCCC(CC)NC(=O)C1(N(C)c2nc(-c3ccccn3)nc3c2CCC3)CC1. The first-order valence-corrected chi connectivity index (χ1v) is 10.9. The van der Waals surface area contributed by atoms with E-state index in [1.807, 2.05) is 25.2 Å². The molecule has 2 aromatic heterocycles. The predicted octanol–water partition coefficient (Wildman–Crippen LogP) is 3.69. The molecule has 0 radical (unpaired) electrons. The number of likely N-dealkylation sites (N-methyl/N-ethyl adjacent to an activating group) is 1. The second-order valence-electron chi connectivity index (χ2n) is 8.32. The molecular weight excluding hydrogens is 362 g/mol. The number of nitrogens with zero attached hydrogens (tertiary/aromatic N) is 4. The Morgan fingerprint density at radius 3 is 2.72 bits per heavy atom. The largest absolute Gasteiger partial charge is 0.351 e. The highest BCUT2D eigenvalue weighted by Gasteiger charge is 2.54. The Morgan fingerprint density at radius 2 is 2.07 bits per heavy atom. The van der Waals surface area contributed by atoms with Crippen LogP contribution in [0.1, 0.15) is 63.6 Å². The van der Waals surface area contributed by atoms with Crippen LogP contribution >= 0.6 is 0 Å². The number of amides is 1. The Bertz CT molecular complexity index is 878. The lowest BCUT2D eigenvalue weighted by atomic mass is 10.1. The van der Waals surface area contributed by atoms with Gasteiger partial charge in [0.25, 0.3) is 0 Å². The van der Waals surface area contributed by atoms with Gasteiger partial charge in [-0.25, -0.2) is 9.97 Å². The topological polar surface area (TPSA) is 71.0 Å². The molecule has 6 nitrogen and oxygen atoms in total. The lowest BCUT2D eigenvalue weighted by Gasteiger charge is -2.31. The average Bonchev–Trinajstić information content (AvgIpc) is 3.43. The fraction of sp³-hybridized carbons (Fsp3) is 0.565. The molecule has 1 fully saturated rings. The third-order valence-corrected chi connectivity index (χ3v) is 6.38. The Balaban J connectivity index is 1.65. The van der Waals surface area contributed by atoms with Gasteiger partial charge in [-0.2, -0.15) is 0 Å². The Hall–Kier alpha value is -2.50. The standard InChI is InChI=1S/C23H31N5O/c1-4-9-16(5-2)25-22(29)23(13-14-23)28(3)21-17-10-8-12-18(17)26-20(27-21)19-11-6-7-15-24-19/h6-7,11,15-16H,4-5,8-10,12-14H2,1-3H3,(H,25,29). The van der Waals surface area contributed by atoms with E-state index < -0.39 is 5.54 Å². The zero-order chi connectivity index (χ0) is 20.4. The smallest absolute Gasteiger partial charge is 0.246 e. The maximum Gasteiger partial charge on any atom is 0.246 e. The summed E-state index contributed by atoms with van der Waals surface area (Å²) in [5.41, 5.74) is 2.61. The number of hydrogen-bond acceptors (Lipinski definition) is 5. The molecule has 2 aromatic rings. The monoisotopic (exact) mass is 393 g/mol. The molecule has 1 unspecified atom stereocenters. The van der Waals surface area contributed by atoms with Gasteiger partial charge < -0.3 is 10.2 Å². The lowest BCUT2D eigenvalue weighted by molar-refractivity contribution is -0.124. The summed E-state index contributed by atoms with van der Waals surface area (Å²) in [5.74, 6) is 1.70. The van der Waals surface area contributed by atoms with Crippen LogP contribution < -0.4 is 10.2 Å². The molecule has 0 saturated heterocycles. The summed E-state index contributed by atoms with van der Waals surface area (Å²) in [7, 11) is 2.02.